The monoisotopic (exact) mass is 250 g/mol. The minimum absolute atomic E-state index is 0.730. The van der Waals surface area contributed by atoms with E-state index < -0.39 is 0 Å². The highest BCUT2D eigenvalue weighted by Gasteiger charge is 2.22. The standard InChI is InChI=1S/C14H26N4/c1-12(2)10-17(14-5-3-4-6-14)7-8-18-11-13(15)9-16-18/h9,11-12,14H,3-8,10,15H2,1-2H3. The Labute approximate surface area is 110 Å². The van der Waals surface area contributed by atoms with Crippen molar-refractivity contribution in [1.82, 2.24) is 14.7 Å². The van der Waals surface area contributed by atoms with Crippen LogP contribution in [0.3, 0.4) is 0 Å². The van der Waals surface area contributed by atoms with Gasteiger partial charge < -0.3 is 5.73 Å². The van der Waals surface area contributed by atoms with Crippen molar-refractivity contribution in [1.29, 1.82) is 0 Å². The highest BCUT2D eigenvalue weighted by Crippen LogP contribution is 2.24. The molecule has 0 aliphatic heterocycles. The van der Waals surface area contributed by atoms with Crippen LogP contribution in [0.15, 0.2) is 12.4 Å². The lowest BCUT2D eigenvalue weighted by Crippen LogP contribution is -2.38. The van der Waals surface area contributed by atoms with Crippen molar-refractivity contribution in [3.8, 4) is 0 Å². The first-order valence-electron chi connectivity index (χ1n) is 7.17. The zero-order valence-electron chi connectivity index (χ0n) is 11.7. The summed E-state index contributed by atoms with van der Waals surface area (Å²) in [5.41, 5.74) is 6.45. The molecule has 0 spiro atoms. The first-order chi connectivity index (χ1) is 8.65. The molecule has 0 atom stereocenters. The maximum atomic E-state index is 5.69. The van der Waals surface area contributed by atoms with Crippen LogP contribution in [0.1, 0.15) is 39.5 Å². The van der Waals surface area contributed by atoms with Gasteiger partial charge >= 0.3 is 0 Å². The van der Waals surface area contributed by atoms with Crippen molar-refractivity contribution in [2.45, 2.75) is 52.1 Å². The summed E-state index contributed by atoms with van der Waals surface area (Å²) in [6, 6.07) is 0.792. The van der Waals surface area contributed by atoms with E-state index in [4.69, 9.17) is 5.73 Å². The Balaban J connectivity index is 1.87. The molecule has 18 heavy (non-hydrogen) atoms. The average molecular weight is 250 g/mol. The summed E-state index contributed by atoms with van der Waals surface area (Å²) in [5.74, 6) is 0.730. The first kappa shape index (κ1) is 13.4. The van der Waals surface area contributed by atoms with Crippen molar-refractivity contribution < 1.29 is 0 Å². The van der Waals surface area contributed by atoms with E-state index >= 15 is 0 Å². The number of anilines is 1. The summed E-state index contributed by atoms with van der Waals surface area (Å²) in [4.78, 5) is 2.65. The molecular formula is C14H26N4. The fourth-order valence-electron chi connectivity index (χ4n) is 2.89. The average Bonchev–Trinajstić information content (AvgIpc) is 2.94. The molecule has 1 aliphatic carbocycles. The number of rotatable bonds is 6. The second-order valence-electron chi connectivity index (χ2n) is 5.86. The highest BCUT2D eigenvalue weighted by atomic mass is 15.3. The first-order valence-corrected chi connectivity index (χ1v) is 7.17. The number of nitrogens with two attached hydrogens (primary N) is 1. The molecule has 1 saturated carbocycles. The van der Waals surface area contributed by atoms with Crippen molar-refractivity contribution in [3.63, 3.8) is 0 Å². The molecule has 0 unspecified atom stereocenters. The number of nitrogen functional groups attached to an aromatic ring is 1. The largest absolute Gasteiger partial charge is 0.396 e. The molecule has 0 bridgehead atoms. The third-order valence-electron chi connectivity index (χ3n) is 3.71. The molecule has 0 aromatic carbocycles. The lowest BCUT2D eigenvalue weighted by atomic mass is 10.1. The molecule has 1 aliphatic rings. The fourth-order valence-corrected chi connectivity index (χ4v) is 2.89. The fraction of sp³-hybridized carbons (Fsp3) is 0.786. The van der Waals surface area contributed by atoms with Crippen molar-refractivity contribution in [3.05, 3.63) is 12.4 Å². The quantitative estimate of drug-likeness (QED) is 0.843. The number of hydrogen-bond acceptors (Lipinski definition) is 3. The van der Waals surface area contributed by atoms with Gasteiger partial charge in [0.25, 0.3) is 0 Å². The molecule has 1 fully saturated rings. The van der Waals surface area contributed by atoms with Gasteiger partial charge in [0.2, 0.25) is 0 Å². The van der Waals surface area contributed by atoms with Crippen LogP contribution in [0.25, 0.3) is 0 Å². The molecule has 1 aromatic heterocycles. The summed E-state index contributed by atoms with van der Waals surface area (Å²) >= 11 is 0. The summed E-state index contributed by atoms with van der Waals surface area (Å²) in [6.07, 6.45) is 9.18. The molecule has 4 nitrogen and oxygen atoms in total. The lowest BCUT2D eigenvalue weighted by molar-refractivity contribution is 0.168. The predicted molar refractivity (Wildman–Crippen MR) is 75.3 cm³/mol. The van der Waals surface area contributed by atoms with Crippen molar-refractivity contribution in [2.24, 2.45) is 5.92 Å². The Morgan fingerprint density at radius 2 is 2.17 bits per heavy atom. The topological polar surface area (TPSA) is 47.1 Å². The third-order valence-corrected chi connectivity index (χ3v) is 3.71. The summed E-state index contributed by atoms with van der Waals surface area (Å²) in [7, 11) is 0. The van der Waals surface area contributed by atoms with Crippen LogP contribution in [0.2, 0.25) is 0 Å². The Morgan fingerprint density at radius 1 is 1.44 bits per heavy atom. The van der Waals surface area contributed by atoms with E-state index in [9.17, 15) is 0 Å². The maximum Gasteiger partial charge on any atom is 0.0719 e. The van der Waals surface area contributed by atoms with Crippen LogP contribution in [0.4, 0.5) is 5.69 Å². The normalized spacial score (nSPS) is 17.1. The summed E-state index contributed by atoms with van der Waals surface area (Å²) in [6.45, 7) is 7.83. The minimum atomic E-state index is 0.730. The van der Waals surface area contributed by atoms with Crippen LogP contribution >= 0.6 is 0 Å². The smallest absolute Gasteiger partial charge is 0.0719 e. The van der Waals surface area contributed by atoms with E-state index in [1.54, 1.807) is 6.20 Å². The van der Waals surface area contributed by atoms with Gasteiger partial charge in [0.15, 0.2) is 0 Å². The molecule has 102 valence electrons. The Hall–Kier alpha value is -1.03. The molecule has 4 heteroatoms. The Kier molecular flexibility index (Phi) is 4.64. The zero-order chi connectivity index (χ0) is 13.0. The van der Waals surface area contributed by atoms with Crippen molar-refractivity contribution in [2.75, 3.05) is 18.8 Å². The molecule has 0 saturated heterocycles. The Bertz CT molecular complexity index is 352. The molecule has 2 rings (SSSR count). The predicted octanol–water partition coefficient (Wildman–Crippen LogP) is 2.37. The van der Waals surface area contributed by atoms with E-state index in [2.05, 4.69) is 23.8 Å². The lowest BCUT2D eigenvalue weighted by Gasteiger charge is -2.30. The molecule has 0 radical (unpaired) electrons. The van der Waals surface area contributed by atoms with Gasteiger partial charge in [0.1, 0.15) is 0 Å². The summed E-state index contributed by atoms with van der Waals surface area (Å²) < 4.78 is 1.96. The molecule has 0 amide bonds. The molecule has 2 N–H and O–H groups in total. The van der Waals surface area contributed by atoms with Crippen LogP contribution < -0.4 is 5.73 Å². The van der Waals surface area contributed by atoms with Gasteiger partial charge in [0, 0.05) is 25.3 Å². The van der Waals surface area contributed by atoms with E-state index in [1.165, 1.54) is 32.2 Å². The number of nitrogens with zero attached hydrogens (tertiary/aromatic N) is 3. The van der Waals surface area contributed by atoms with Gasteiger partial charge in [-0.15, -0.1) is 0 Å². The third kappa shape index (κ3) is 3.73. The maximum absolute atomic E-state index is 5.69. The minimum Gasteiger partial charge on any atom is -0.396 e. The zero-order valence-corrected chi connectivity index (χ0v) is 11.7. The van der Waals surface area contributed by atoms with Crippen LogP contribution in [0.5, 0.6) is 0 Å². The van der Waals surface area contributed by atoms with Crippen LogP contribution in [0, 0.1) is 5.92 Å². The van der Waals surface area contributed by atoms with Crippen LogP contribution in [-0.4, -0.2) is 33.8 Å². The second-order valence-corrected chi connectivity index (χ2v) is 5.86. The number of aromatic nitrogens is 2. The SMILES string of the molecule is CC(C)CN(CCn1cc(N)cn1)C1CCCC1. The molecule has 1 heterocycles. The van der Waals surface area contributed by atoms with E-state index in [0.717, 1.165) is 30.7 Å². The van der Waals surface area contributed by atoms with Gasteiger partial charge in [-0.1, -0.05) is 26.7 Å². The van der Waals surface area contributed by atoms with Crippen LogP contribution in [-0.2, 0) is 6.54 Å². The van der Waals surface area contributed by atoms with Gasteiger partial charge in [-0.05, 0) is 18.8 Å². The molecular weight excluding hydrogens is 224 g/mol. The Morgan fingerprint density at radius 3 is 2.72 bits per heavy atom. The van der Waals surface area contributed by atoms with Gasteiger partial charge in [-0.2, -0.15) is 5.10 Å². The van der Waals surface area contributed by atoms with Gasteiger partial charge in [-0.3, -0.25) is 9.58 Å². The highest BCUT2D eigenvalue weighted by molar-refractivity contribution is 5.30. The van der Waals surface area contributed by atoms with E-state index in [0.29, 0.717) is 0 Å². The second kappa shape index (κ2) is 6.23. The van der Waals surface area contributed by atoms with E-state index in [1.807, 2.05) is 10.9 Å². The number of hydrogen-bond donors (Lipinski definition) is 1. The van der Waals surface area contributed by atoms with Gasteiger partial charge in [-0.25, -0.2) is 0 Å². The van der Waals surface area contributed by atoms with Crippen molar-refractivity contribution >= 4 is 5.69 Å². The molecule has 1 aromatic rings. The van der Waals surface area contributed by atoms with Gasteiger partial charge in [0.05, 0.1) is 18.4 Å². The summed E-state index contributed by atoms with van der Waals surface area (Å²) in [5, 5.41) is 4.26. The van der Waals surface area contributed by atoms with E-state index in [-0.39, 0.29) is 0 Å².